The Morgan fingerprint density at radius 2 is 1.04 bits per heavy atom. The van der Waals surface area contributed by atoms with Crippen molar-refractivity contribution in [1.29, 1.82) is 0 Å². The lowest BCUT2D eigenvalue weighted by Crippen LogP contribution is -2.34. The largest absolute Gasteiger partial charge is 0.305 e. The normalized spacial score (nSPS) is 58.3. The summed E-state index contributed by atoms with van der Waals surface area (Å²) < 4.78 is 24.5. The Hall–Kier alpha value is 0.0700. The quantitative estimate of drug-likeness (QED) is 0.760. The second-order valence-corrected chi connectivity index (χ2v) is 10.6. The van der Waals surface area contributed by atoms with Gasteiger partial charge in [0.2, 0.25) is 0 Å². The number of hydrogen-bond acceptors (Lipinski definition) is 3. The SMILES string of the molecule is O=S(O[C@H]1C[C@H]2C[C@H]1[C@H]1CCC[C@H]21)O[C@@H]1C[C@@H]2C[C@@H]1[C@H]1CCC[C@H]21. The molecule has 0 aromatic rings. The van der Waals surface area contributed by atoms with Gasteiger partial charge in [-0.25, -0.2) is 0 Å². The monoisotopic (exact) mass is 350 g/mol. The molecule has 3 nitrogen and oxygen atoms in total. The van der Waals surface area contributed by atoms with E-state index in [1.807, 2.05) is 0 Å². The van der Waals surface area contributed by atoms with Crippen LogP contribution in [0.5, 0.6) is 0 Å². The molecule has 6 saturated carbocycles. The summed E-state index contributed by atoms with van der Waals surface area (Å²) in [5.74, 6) is 6.73. The second-order valence-electron chi connectivity index (χ2n) is 9.78. The first-order chi connectivity index (χ1) is 11.8. The molecule has 0 saturated heterocycles. The van der Waals surface area contributed by atoms with Gasteiger partial charge < -0.3 is 0 Å². The van der Waals surface area contributed by atoms with Crippen molar-refractivity contribution < 1.29 is 12.6 Å². The van der Waals surface area contributed by atoms with E-state index in [1.54, 1.807) is 0 Å². The molecule has 24 heavy (non-hydrogen) atoms. The van der Waals surface area contributed by atoms with Crippen molar-refractivity contribution in [3.05, 3.63) is 0 Å². The molecule has 6 aliphatic rings. The van der Waals surface area contributed by atoms with Crippen molar-refractivity contribution in [3.8, 4) is 0 Å². The van der Waals surface area contributed by atoms with Gasteiger partial charge in [0, 0.05) is 0 Å². The van der Waals surface area contributed by atoms with Crippen LogP contribution in [0.1, 0.15) is 64.2 Å². The Morgan fingerprint density at radius 3 is 1.54 bits per heavy atom. The molecule has 0 spiro atoms. The van der Waals surface area contributed by atoms with Crippen LogP contribution in [0.25, 0.3) is 0 Å². The van der Waals surface area contributed by atoms with Crippen molar-refractivity contribution in [3.63, 3.8) is 0 Å². The molecule has 0 heterocycles. The summed E-state index contributed by atoms with van der Waals surface area (Å²) in [6.07, 6.45) is 13.8. The highest BCUT2D eigenvalue weighted by molar-refractivity contribution is 7.75. The Balaban J connectivity index is 1.08. The topological polar surface area (TPSA) is 35.5 Å². The Morgan fingerprint density at radius 1 is 0.583 bits per heavy atom. The van der Waals surface area contributed by atoms with E-state index < -0.39 is 11.4 Å². The maximum absolute atomic E-state index is 12.6. The molecule has 1 unspecified atom stereocenters. The molecule has 134 valence electrons. The highest BCUT2D eigenvalue weighted by Crippen LogP contribution is 2.61. The fourth-order valence-electron chi connectivity index (χ4n) is 8.46. The van der Waals surface area contributed by atoms with Crippen LogP contribution in [0.4, 0.5) is 0 Å². The first-order valence-corrected chi connectivity index (χ1v) is 11.5. The molecule has 11 atom stereocenters. The predicted octanol–water partition coefficient (Wildman–Crippen LogP) is 4.25. The average Bonchev–Trinajstić information content (AvgIpc) is 3.33. The number of rotatable bonds is 4. The summed E-state index contributed by atoms with van der Waals surface area (Å²) in [6.45, 7) is 0. The first kappa shape index (κ1) is 15.2. The van der Waals surface area contributed by atoms with E-state index in [1.165, 1.54) is 51.4 Å². The van der Waals surface area contributed by atoms with Gasteiger partial charge in [0.15, 0.2) is 0 Å². The predicted molar refractivity (Wildman–Crippen MR) is 92.0 cm³/mol. The van der Waals surface area contributed by atoms with Crippen molar-refractivity contribution >= 4 is 11.4 Å². The summed E-state index contributed by atoms with van der Waals surface area (Å²) in [4.78, 5) is 0. The third-order valence-electron chi connectivity index (χ3n) is 9.14. The van der Waals surface area contributed by atoms with Gasteiger partial charge in [-0.1, -0.05) is 12.8 Å². The third kappa shape index (κ3) is 2.11. The molecule has 4 heteroatoms. The lowest BCUT2D eigenvalue weighted by Gasteiger charge is -2.32. The van der Waals surface area contributed by atoms with E-state index in [4.69, 9.17) is 8.37 Å². The molecule has 4 bridgehead atoms. The fourth-order valence-corrected chi connectivity index (χ4v) is 9.35. The Kier molecular flexibility index (Phi) is 3.49. The maximum Gasteiger partial charge on any atom is 0.305 e. The minimum Gasteiger partial charge on any atom is -0.265 e. The van der Waals surface area contributed by atoms with Crippen molar-refractivity contribution in [2.45, 2.75) is 76.4 Å². The third-order valence-corrected chi connectivity index (χ3v) is 9.95. The second kappa shape index (κ2) is 5.53. The zero-order valence-corrected chi connectivity index (χ0v) is 15.3. The summed E-state index contributed by atoms with van der Waals surface area (Å²) in [5.41, 5.74) is 0. The van der Waals surface area contributed by atoms with E-state index in [0.29, 0.717) is 11.8 Å². The zero-order valence-electron chi connectivity index (χ0n) is 14.5. The van der Waals surface area contributed by atoms with Crippen molar-refractivity contribution in [1.82, 2.24) is 0 Å². The van der Waals surface area contributed by atoms with E-state index in [0.717, 1.165) is 48.3 Å². The molecule has 6 rings (SSSR count). The van der Waals surface area contributed by atoms with Crippen LogP contribution in [0.15, 0.2) is 0 Å². The van der Waals surface area contributed by atoms with Gasteiger partial charge in [0.05, 0.1) is 12.2 Å². The molecule has 0 aromatic carbocycles. The van der Waals surface area contributed by atoms with Gasteiger partial charge in [-0.05, 0) is 98.7 Å². The van der Waals surface area contributed by atoms with Crippen molar-refractivity contribution in [2.75, 3.05) is 0 Å². The van der Waals surface area contributed by atoms with Crippen molar-refractivity contribution in [2.24, 2.45) is 47.3 Å². The maximum atomic E-state index is 12.6. The molecule has 0 N–H and O–H groups in total. The molecule has 6 fully saturated rings. The first-order valence-electron chi connectivity index (χ1n) is 10.5. The number of fused-ring (bicyclic) bond motifs is 10. The minimum atomic E-state index is -1.52. The molecule has 0 aromatic heterocycles. The van der Waals surface area contributed by atoms with E-state index in [9.17, 15) is 4.21 Å². The highest BCUT2D eigenvalue weighted by Gasteiger charge is 2.56. The van der Waals surface area contributed by atoms with Gasteiger partial charge in [-0.3, -0.25) is 8.37 Å². The summed E-state index contributed by atoms with van der Waals surface area (Å²) in [6, 6.07) is 0. The van der Waals surface area contributed by atoms with Gasteiger partial charge in [-0.15, -0.1) is 0 Å². The van der Waals surface area contributed by atoms with Gasteiger partial charge >= 0.3 is 11.4 Å². The standard InChI is InChI=1S/C20H30O3S/c21-24(22-19-9-11-7-17(19)15-5-1-3-13(11)15)23-20-10-12-8-18(20)16-6-2-4-14(12)16/h11-20H,1-10H2/t11-,12+,13-,14-,15+,16+,17+,18-,19+,20-,24?/m1/s1. The smallest absolute Gasteiger partial charge is 0.265 e. The average molecular weight is 351 g/mol. The van der Waals surface area contributed by atoms with Gasteiger partial charge in [-0.2, -0.15) is 4.21 Å². The van der Waals surface area contributed by atoms with Crippen LogP contribution in [0.3, 0.4) is 0 Å². The lowest BCUT2D eigenvalue weighted by atomic mass is 9.80. The molecule has 0 aliphatic heterocycles. The van der Waals surface area contributed by atoms with Gasteiger partial charge in [0.25, 0.3) is 0 Å². The molecular weight excluding hydrogens is 320 g/mol. The van der Waals surface area contributed by atoms with Crippen LogP contribution in [0, 0.1) is 47.3 Å². The number of hydrogen-bond donors (Lipinski definition) is 0. The van der Waals surface area contributed by atoms with Crippen LogP contribution in [0.2, 0.25) is 0 Å². The summed E-state index contributed by atoms with van der Waals surface area (Å²) >= 11 is -1.52. The lowest BCUT2D eigenvalue weighted by molar-refractivity contribution is 0.0494. The molecule has 6 aliphatic carbocycles. The van der Waals surface area contributed by atoms with E-state index >= 15 is 0 Å². The molecule has 0 amide bonds. The zero-order chi connectivity index (χ0) is 15.8. The minimum absolute atomic E-state index is 0.216. The highest BCUT2D eigenvalue weighted by atomic mass is 32.2. The molecular formula is C20H30O3S. The molecule has 0 radical (unpaired) electrons. The summed E-state index contributed by atoms with van der Waals surface area (Å²) in [5, 5.41) is 0. The van der Waals surface area contributed by atoms with Crippen LogP contribution >= 0.6 is 0 Å². The summed E-state index contributed by atoms with van der Waals surface area (Å²) in [7, 11) is 0. The fraction of sp³-hybridized carbons (Fsp3) is 1.00. The van der Waals surface area contributed by atoms with Crippen LogP contribution in [-0.2, 0) is 19.7 Å². The van der Waals surface area contributed by atoms with Crippen LogP contribution < -0.4 is 0 Å². The van der Waals surface area contributed by atoms with Crippen LogP contribution in [-0.4, -0.2) is 16.4 Å². The Labute approximate surface area is 148 Å². The Bertz CT molecular complexity index is 505. The van der Waals surface area contributed by atoms with E-state index in [-0.39, 0.29) is 12.2 Å². The van der Waals surface area contributed by atoms with Gasteiger partial charge in [0.1, 0.15) is 0 Å². The van der Waals surface area contributed by atoms with E-state index in [2.05, 4.69) is 0 Å².